The van der Waals surface area contributed by atoms with Crippen LogP contribution in [0.15, 0.2) is 12.1 Å². The molecule has 0 bridgehead atoms. The zero-order valence-corrected chi connectivity index (χ0v) is 8.19. The topological polar surface area (TPSA) is 56.0 Å². The molecule has 0 saturated heterocycles. The summed E-state index contributed by atoms with van der Waals surface area (Å²) in [5.74, 6) is -1.31. The number of nitrogens with two attached hydrogens (primary N) is 1. The molecule has 0 aliphatic rings. The molecule has 3 nitrogen and oxygen atoms in total. The fourth-order valence-electron chi connectivity index (χ4n) is 1.20. The van der Waals surface area contributed by atoms with E-state index in [1.807, 2.05) is 0 Å². The predicted octanol–water partition coefficient (Wildman–Crippen LogP) is 1.84. The molecule has 0 spiro atoms. The monoisotopic (exact) mass is 210 g/mol. The van der Waals surface area contributed by atoms with E-state index >= 15 is 0 Å². The number of carbonyl (C=O) groups excluding carboxylic acids is 1. The Kier molecular flexibility index (Phi) is 1.96. The van der Waals surface area contributed by atoms with Gasteiger partial charge >= 0.3 is 0 Å². The third kappa shape index (κ3) is 1.26. The lowest BCUT2D eigenvalue weighted by molar-refractivity contribution is 0.100. The minimum Gasteiger partial charge on any atom is -0.365 e. The molecular formula is C9H7FN2OS. The average molecular weight is 210 g/mol. The van der Waals surface area contributed by atoms with Gasteiger partial charge in [0, 0.05) is 11.1 Å². The van der Waals surface area contributed by atoms with Crippen molar-refractivity contribution in [2.45, 2.75) is 6.92 Å². The zero-order chi connectivity index (χ0) is 10.3. The van der Waals surface area contributed by atoms with Crippen LogP contribution in [0.2, 0.25) is 0 Å². The van der Waals surface area contributed by atoms with Gasteiger partial charge in [0.25, 0.3) is 5.91 Å². The van der Waals surface area contributed by atoms with Crippen molar-refractivity contribution in [3.8, 4) is 0 Å². The van der Waals surface area contributed by atoms with E-state index in [-0.39, 0.29) is 4.88 Å². The molecule has 2 heterocycles. The quantitative estimate of drug-likeness (QED) is 0.780. The van der Waals surface area contributed by atoms with Gasteiger partial charge in [-0.15, -0.1) is 11.3 Å². The maximum atomic E-state index is 13.5. The first-order valence-corrected chi connectivity index (χ1v) is 4.76. The summed E-state index contributed by atoms with van der Waals surface area (Å²) in [6.45, 7) is 1.81. The van der Waals surface area contributed by atoms with Crippen molar-refractivity contribution >= 4 is 27.5 Å². The minimum absolute atomic E-state index is 0.0573. The number of primary amides is 1. The Morgan fingerprint density at radius 2 is 2.29 bits per heavy atom. The van der Waals surface area contributed by atoms with Crippen molar-refractivity contribution < 1.29 is 9.18 Å². The summed E-state index contributed by atoms with van der Waals surface area (Å²) in [6.07, 6.45) is 0. The van der Waals surface area contributed by atoms with E-state index in [1.165, 1.54) is 0 Å². The Balaban J connectivity index is 2.79. The van der Waals surface area contributed by atoms with Gasteiger partial charge in [0.05, 0.1) is 0 Å². The third-order valence-corrected chi connectivity index (χ3v) is 2.95. The number of rotatable bonds is 1. The van der Waals surface area contributed by atoms with E-state index in [2.05, 4.69) is 4.98 Å². The smallest absolute Gasteiger partial charge is 0.261 e. The van der Waals surface area contributed by atoms with Crippen molar-refractivity contribution in [2.24, 2.45) is 5.73 Å². The molecule has 0 aliphatic heterocycles. The molecule has 2 aromatic rings. The summed E-state index contributed by atoms with van der Waals surface area (Å²) in [7, 11) is 0. The Labute approximate surface area is 83.4 Å². The van der Waals surface area contributed by atoms with Crippen molar-refractivity contribution in [3.05, 3.63) is 28.5 Å². The van der Waals surface area contributed by atoms with Crippen LogP contribution in [0, 0.1) is 12.7 Å². The predicted molar refractivity (Wildman–Crippen MR) is 52.8 cm³/mol. The number of amides is 1. The summed E-state index contributed by atoms with van der Waals surface area (Å²) in [5, 5.41) is 0.356. The number of carbonyl (C=O) groups is 1. The van der Waals surface area contributed by atoms with Gasteiger partial charge in [0.15, 0.2) is 5.82 Å². The van der Waals surface area contributed by atoms with Crippen molar-refractivity contribution in [3.63, 3.8) is 0 Å². The van der Waals surface area contributed by atoms with Gasteiger partial charge < -0.3 is 5.73 Å². The highest BCUT2D eigenvalue weighted by Gasteiger charge is 2.16. The number of nitrogens with zero attached hydrogens (tertiary/aromatic N) is 1. The Bertz CT molecular complexity index is 521. The second kappa shape index (κ2) is 3.02. The van der Waals surface area contributed by atoms with Crippen LogP contribution in [-0.4, -0.2) is 10.9 Å². The van der Waals surface area contributed by atoms with Crippen LogP contribution in [0.3, 0.4) is 0 Å². The van der Waals surface area contributed by atoms with Gasteiger partial charge in [-0.2, -0.15) is 0 Å². The number of fused-ring (bicyclic) bond motifs is 1. The van der Waals surface area contributed by atoms with E-state index in [0.717, 1.165) is 17.0 Å². The van der Waals surface area contributed by atoms with Gasteiger partial charge in [-0.05, 0) is 19.1 Å². The second-order valence-corrected chi connectivity index (χ2v) is 3.91. The SMILES string of the molecule is Cc1ccc2c(F)c(C(N)=O)sc2n1. The molecule has 2 N–H and O–H groups in total. The maximum Gasteiger partial charge on any atom is 0.261 e. The number of hydrogen-bond acceptors (Lipinski definition) is 3. The average Bonchev–Trinajstić information content (AvgIpc) is 2.43. The number of thiophene rings is 1. The van der Waals surface area contributed by atoms with E-state index < -0.39 is 11.7 Å². The Morgan fingerprint density at radius 3 is 2.93 bits per heavy atom. The largest absolute Gasteiger partial charge is 0.365 e. The van der Waals surface area contributed by atoms with Crippen molar-refractivity contribution in [2.75, 3.05) is 0 Å². The maximum absolute atomic E-state index is 13.5. The number of halogens is 1. The lowest BCUT2D eigenvalue weighted by atomic mass is 10.3. The van der Waals surface area contributed by atoms with Gasteiger partial charge in [-0.3, -0.25) is 4.79 Å². The molecule has 0 saturated carbocycles. The third-order valence-electron chi connectivity index (χ3n) is 1.86. The minimum atomic E-state index is -0.747. The highest BCUT2D eigenvalue weighted by atomic mass is 32.1. The van der Waals surface area contributed by atoms with Crippen LogP contribution in [0.4, 0.5) is 4.39 Å². The first kappa shape index (κ1) is 9.08. The van der Waals surface area contributed by atoms with Gasteiger partial charge in [0.2, 0.25) is 0 Å². The number of aryl methyl sites for hydroxylation is 1. The summed E-state index contributed by atoms with van der Waals surface area (Å²) < 4.78 is 13.5. The Morgan fingerprint density at radius 1 is 1.57 bits per heavy atom. The molecule has 0 fully saturated rings. The molecule has 0 radical (unpaired) electrons. The summed E-state index contributed by atoms with van der Waals surface area (Å²) >= 11 is 0.986. The lowest BCUT2D eigenvalue weighted by Crippen LogP contribution is -2.10. The lowest BCUT2D eigenvalue weighted by Gasteiger charge is -1.90. The summed E-state index contributed by atoms with van der Waals surface area (Å²) in [6, 6.07) is 3.30. The molecule has 0 aromatic carbocycles. The van der Waals surface area contributed by atoms with Gasteiger partial charge in [-0.25, -0.2) is 9.37 Å². The number of aromatic nitrogens is 1. The van der Waals surface area contributed by atoms with Crippen LogP contribution in [0.1, 0.15) is 15.4 Å². The normalized spacial score (nSPS) is 10.7. The molecule has 1 amide bonds. The fraction of sp³-hybridized carbons (Fsp3) is 0.111. The molecule has 5 heteroatoms. The molecule has 2 rings (SSSR count). The molecule has 0 atom stereocenters. The molecule has 2 aromatic heterocycles. The highest BCUT2D eigenvalue weighted by Crippen LogP contribution is 2.28. The molecule has 0 aliphatic carbocycles. The van der Waals surface area contributed by atoms with Crippen LogP contribution in [-0.2, 0) is 0 Å². The van der Waals surface area contributed by atoms with Crippen molar-refractivity contribution in [1.82, 2.24) is 4.98 Å². The van der Waals surface area contributed by atoms with E-state index in [1.54, 1.807) is 19.1 Å². The van der Waals surface area contributed by atoms with Crippen LogP contribution < -0.4 is 5.73 Å². The highest BCUT2D eigenvalue weighted by molar-refractivity contribution is 7.20. The summed E-state index contributed by atoms with van der Waals surface area (Å²) in [5.41, 5.74) is 5.81. The van der Waals surface area contributed by atoms with Gasteiger partial charge in [-0.1, -0.05) is 0 Å². The first-order chi connectivity index (χ1) is 6.59. The summed E-state index contributed by atoms with van der Waals surface area (Å²) in [4.78, 5) is 15.4. The standard InChI is InChI=1S/C9H7FN2OS/c1-4-2-3-5-6(10)7(8(11)13)14-9(5)12-4/h2-3H,1H3,(H2,11,13). The van der Waals surface area contributed by atoms with Crippen molar-refractivity contribution in [1.29, 1.82) is 0 Å². The van der Waals surface area contributed by atoms with E-state index in [9.17, 15) is 9.18 Å². The molecule has 0 unspecified atom stereocenters. The molecule has 72 valence electrons. The van der Waals surface area contributed by atoms with Gasteiger partial charge in [0.1, 0.15) is 9.71 Å². The second-order valence-electron chi connectivity index (χ2n) is 2.91. The van der Waals surface area contributed by atoms with E-state index in [0.29, 0.717) is 10.2 Å². The first-order valence-electron chi connectivity index (χ1n) is 3.95. The van der Waals surface area contributed by atoms with Crippen LogP contribution >= 0.6 is 11.3 Å². The number of hydrogen-bond donors (Lipinski definition) is 1. The molecule has 14 heavy (non-hydrogen) atoms. The zero-order valence-electron chi connectivity index (χ0n) is 7.37. The van der Waals surface area contributed by atoms with E-state index in [4.69, 9.17) is 5.73 Å². The number of pyridine rings is 1. The van der Waals surface area contributed by atoms with Crippen LogP contribution in [0.25, 0.3) is 10.2 Å². The molecular weight excluding hydrogens is 203 g/mol. The fourth-order valence-corrected chi connectivity index (χ4v) is 2.15. The Hall–Kier alpha value is -1.49. The van der Waals surface area contributed by atoms with Crippen LogP contribution in [0.5, 0.6) is 0 Å².